The fourth-order valence-corrected chi connectivity index (χ4v) is 4.16. The summed E-state index contributed by atoms with van der Waals surface area (Å²) in [5.41, 5.74) is 2.22. The zero-order valence-corrected chi connectivity index (χ0v) is 16.7. The van der Waals surface area contributed by atoms with Crippen molar-refractivity contribution >= 4 is 18.1 Å². The van der Waals surface area contributed by atoms with Crippen LogP contribution in [0, 0.1) is 5.92 Å². The zero-order valence-electron chi connectivity index (χ0n) is 16.7. The average molecular weight is 400 g/mol. The predicted molar refractivity (Wildman–Crippen MR) is 110 cm³/mol. The van der Waals surface area contributed by atoms with Crippen molar-refractivity contribution in [1.29, 1.82) is 0 Å². The van der Waals surface area contributed by atoms with Gasteiger partial charge in [-0.1, -0.05) is 0 Å². The van der Waals surface area contributed by atoms with Crippen molar-refractivity contribution in [2.75, 3.05) is 69.0 Å². The largest absolute Gasteiger partial charge is 0.477 e. The van der Waals surface area contributed by atoms with Gasteiger partial charge in [-0.25, -0.2) is 0 Å². The first kappa shape index (κ1) is 18.6. The van der Waals surface area contributed by atoms with E-state index in [1.807, 2.05) is 6.20 Å². The summed E-state index contributed by atoms with van der Waals surface area (Å²) in [5, 5.41) is 3.09. The summed E-state index contributed by atoms with van der Waals surface area (Å²) in [5.74, 6) is 2.94. The Morgan fingerprint density at radius 3 is 2.69 bits per heavy atom. The maximum absolute atomic E-state index is 6.30. The molecule has 5 heterocycles. The molecule has 0 bridgehead atoms. The lowest BCUT2D eigenvalue weighted by atomic mass is 10.0. The molecule has 2 saturated heterocycles. The molecule has 0 amide bonds. The molecular weight excluding hydrogens is 372 g/mol. The molecule has 0 aliphatic carbocycles. The van der Waals surface area contributed by atoms with E-state index in [1.54, 1.807) is 6.34 Å². The van der Waals surface area contributed by atoms with Gasteiger partial charge in [0, 0.05) is 39.0 Å². The number of rotatable bonds is 5. The third-order valence-corrected chi connectivity index (χ3v) is 5.88. The first-order valence-electron chi connectivity index (χ1n) is 10.5. The van der Waals surface area contributed by atoms with Crippen molar-refractivity contribution < 1.29 is 14.2 Å². The molecule has 5 rings (SSSR count). The minimum atomic E-state index is 0.526. The molecule has 2 fully saturated rings. The summed E-state index contributed by atoms with van der Waals surface area (Å²) < 4.78 is 17.3. The molecule has 29 heavy (non-hydrogen) atoms. The third-order valence-electron chi connectivity index (χ3n) is 5.88. The zero-order chi connectivity index (χ0) is 19.5. The second kappa shape index (κ2) is 8.54. The van der Waals surface area contributed by atoms with E-state index in [0.29, 0.717) is 32.3 Å². The van der Waals surface area contributed by atoms with Gasteiger partial charge in [0.05, 0.1) is 44.0 Å². The number of anilines is 2. The highest BCUT2D eigenvalue weighted by atomic mass is 16.5. The van der Waals surface area contributed by atoms with E-state index in [4.69, 9.17) is 24.2 Å². The molecule has 156 valence electrons. The van der Waals surface area contributed by atoms with Crippen LogP contribution in [0.1, 0.15) is 18.4 Å². The number of morpholine rings is 1. The van der Waals surface area contributed by atoms with Gasteiger partial charge in [-0.15, -0.1) is 0 Å². The maximum Gasteiger partial charge on any atom is 0.230 e. The normalized spacial score (nSPS) is 22.3. The van der Waals surface area contributed by atoms with Crippen LogP contribution in [0.15, 0.2) is 16.9 Å². The molecule has 0 saturated carbocycles. The molecule has 0 radical (unpaired) electrons. The predicted octanol–water partition coefficient (Wildman–Crippen LogP) is 0.954. The molecular formula is C20H28N6O3. The van der Waals surface area contributed by atoms with Crippen LogP contribution >= 0.6 is 0 Å². The van der Waals surface area contributed by atoms with Gasteiger partial charge in [0.15, 0.2) is 0 Å². The van der Waals surface area contributed by atoms with E-state index in [9.17, 15) is 0 Å². The summed E-state index contributed by atoms with van der Waals surface area (Å²) in [6.45, 7) is 6.85. The van der Waals surface area contributed by atoms with Gasteiger partial charge < -0.3 is 29.3 Å². The van der Waals surface area contributed by atoms with Crippen molar-refractivity contribution in [1.82, 2.24) is 15.3 Å². The van der Waals surface area contributed by atoms with Crippen molar-refractivity contribution in [3.8, 4) is 5.88 Å². The van der Waals surface area contributed by atoms with Gasteiger partial charge in [-0.05, 0) is 25.2 Å². The Balaban J connectivity index is 1.43. The van der Waals surface area contributed by atoms with Crippen LogP contribution in [0.4, 0.5) is 11.8 Å². The van der Waals surface area contributed by atoms with Crippen LogP contribution in [-0.2, 0) is 15.9 Å². The first-order chi connectivity index (χ1) is 14.4. The molecule has 1 aromatic heterocycles. The molecule has 0 unspecified atom stereocenters. The molecule has 4 aliphatic heterocycles. The Morgan fingerprint density at radius 2 is 1.90 bits per heavy atom. The molecule has 1 aromatic rings. The summed E-state index contributed by atoms with van der Waals surface area (Å²) in [7, 11) is 0. The van der Waals surface area contributed by atoms with Gasteiger partial charge in [-0.2, -0.15) is 9.97 Å². The Hall–Kier alpha value is -2.39. The molecule has 4 aliphatic rings. The van der Waals surface area contributed by atoms with Crippen molar-refractivity contribution in [3.05, 3.63) is 17.5 Å². The van der Waals surface area contributed by atoms with E-state index < -0.39 is 0 Å². The summed E-state index contributed by atoms with van der Waals surface area (Å²) in [6.07, 6.45) is 6.70. The molecule has 0 aromatic carbocycles. The number of hydrogen-bond donors (Lipinski definition) is 1. The van der Waals surface area contributed by atoms with Gasteiger partial charge in [0.25, 0.3) is 0 Å². The maximum atomic E-state index is 6.30. The Kier molecular flexibility index (Phi) is 5.49. The SMILES string of the molecule is C1=NCC(N2CCc3c(OCC4CCOCC4)nc(N4CCOCC4)nc32)=CN1. The Labute approximate surface area is 170 Å². The smallest absolute Gasteiger partial charge is 0.230 e. The minimum Gasteiger partial charge on any atom is -0.477 e. The van der Waals surface area contributed by atoms with Crippen LogP contribution in [0.5, 0.6) is 5.88 Å². The van der Waals surface area contributed by atoms with Crippen LogP contribution in [0.3, 0.4) is 0 Å². The van der Waals surface area contributed by atoms with E-state index in [0.717, 1.165) is 81.0 Å². The van der Waals surface area contributed by atoms with Crippen LogP contribution in [-0.4, -0.2) is 75.5 Å². The van der Waals surface area contributed by atoms with Crippen molar-refractivity contribution in [2.45, 2.75) is 19.3 Å². The van der Waals surface area contributed by atoms with Crippen molar-refractivity contribution in [2.24, 2.45) is 10.9 Å². The average Bonchev–Trinajstić information content (AvgIpc) is 3.23. The molecule has 9 heteroatoms. The van der Waals surface area contributed by atoms with E-state index in [2.05, 4.69) is 20.1 Å². The van der Waals surface area contributed by atoms with Gasteiger partial charge >= 0.3 is 0 Å². The number of fused-ring (bicyclic) bond motifs is 1. The second-order valence-corrected chi connectivity index (χ2v) is 7.77. The standard InChI is InChI=1S/C20H28N6O3/c1-4-26(16-11-21-14-22-12-16)18-17(1)19(29-13-15-2-7-27-8-3-15)24-20(23-18)25-5-9-28-10-6-25/h11,14-15H,1-10,12-13H2,(H,21,22). The Morgan fingerprint density at radius 1 is 1.07 bits per heavy atom. The number of aliphatic imine (C=N–C) groups is 1. The summed E-state index contributed by atoms with van der Waals surface area (Å²) in [4.78, 5) is 18.6. The highest BCUT2D eigenvalue weighted by Gasteiger charge is 2.31. The number of aromatic nitrogens is 2. The number of nitrogens with zero attached hydrogens (tertiary/aromatic N) is 5. The molecule has 9 nitrogen and oxygen atoms in total. The van der Waals surface area contributed by atoms with Crippen molar-refractivity contribution in [3.63, 3.8) is 0 Å². The van der Waals surface area contributed by atoms with Crippen LogP contribution in [0.25, 0.3) is 0 Å². The lowest BCUT2D eigenvalue weighted by Gasteiger charge is -2.29. The highest BCUT2D eigenvalue weighted by molar-refractivity contribution is 5.65. The van der Waals surface area contributed by atoms with E-state index >= 15 is 0 Å². The second-order valence-electron chi connectivity index (χ2n) is 7.77. The van der Waals surface area contributed by atoms with Gasteiger partial charge in [0.1, 0.15) is 5.82 Å². The summed E-state index contributed by atoms with van der Waals surface area (Å²) >= 11 is 0. The summed E-state index contributed by atoms with van der Waals surface area (Å²) in [6, 6.07) is 0. The quantitative estimate of drug-likeness (QED) is 0.782. The topological polar surface area (TPSA) is 84.3 Å². The lowest BCUT2D eigenvalue weighted by molar-refractivity contribution is 0.0489. The first-order valence-corrected chi connectivity index (χ1v) is 10.5. The fourth-order valence-electron chi connectivity index (χ4n) is 4.16. The number of ether oxygens (including phenoxy) is 3. The molecule has 1 N–H and O–H groups in total. The number of hydrogen-bond acceptors (Lipinski definition) is 9. The Bertz CT molecular complexity index is 787. The van der Waals surface area contributed by atoms with Crippen LogP contribution < -0.4 is 19.9 Å². The number of nitrogens with one attached hydrogen (secondary N) is 1. The third kappa shape index (κ3) is 4.02. The molecule has 0 spiro atoms. The minimum absolute atomic E-state index is 0.526. The van der Waals surface area contributed by atoms with Crippen LogP contribution in [0.2, 0.25) is 0 Å². The van der Waals surface area contributed by atoms with E-state index in [-0.39, 0.29) is 0 Å². The van der Waals surface area contributed by atoms with E-state index in [1.165, 1.54) is 0 Å². The fraction of sp³-hybridized carbons (Fsp3) is 0.650. The van der Waals surface area contributed by atoms with Gasteiger partial charge in [-0.3, -0.25) is 4.99 Å². The molecule has 0 atom stereocenters. The van der Waals surface area contributed by atoms with Gasteiger partial charge in [0.2, 0.25) is 11.8 Å². The monoisotopic (exact) mass is 400 g/mol. The lowest BCUT2D eigenvalue weighted by Crippen LogP contribution is -2.37. The highest BCUT2D eigenvalue weighted by Crippen LogP contribution is 2.37.